The van der Waals surface area contributed by atoms with Gasteiger partial charge in [0.15, 0.2) is 5.69 Å². The summed E-state index contributed by atoms with van der Waals surface area (Å²) in [6.45, 7) is 3.74. The minimum absolute atomic E-state index is 0.0417. The predicted octanol–water partition coefficient (Wildman–Crippen LogP) is 3.87. The van der Waals surface area contributed by atoms with Gasteiger partial charge in [-0.05, 0) is 44.4 Å². The zero-order chi connectivity index (χ0) is 25.2. The number of alkyl halides is 1. The monoisotopic (exact) mass is 594 g/mol. The number of esters is 1. The zero-order valence-corrected chi connectivity index (χ0v) is 22.5. The first-order valence-electron chi connectivity index (χ1n) is 12.0. The Hall–Kier alpha value is -2.63. The van der Waals surface area contributed by atoms with E-state index in [0.29, 0.717) is 11.4 Å². The van der Waals surface area contributed by atoms with E-state index in [4.69, 9.17) is 9.47 Å². The fraction of sp³-hybridized carbons (Fsp3) is 0.520. The van der Waals surface area contributed by atoms with Gasteiger partial charge in [-0.1, -0.05) is 47.9 Å². The summed E-state index contributed by atoms with van der Waals surface area (Å²) < 4.78 is 12.9. The molecule has 1 aliphatic heterocycles. The number of benzene rings is 1. The summed E-state index contributed by atoms with van der Waals surface area (Å²) in [4.78, 5) is 41.7. The summed E-state index contributed by atoms with van der Waals surface area (Å²) in [6, 6.07) is 7.13. The number of amides is 2. The number of carbonyl (C=O) groups excluding carboxylic acids is 3. The van der Waals surface area contributed by atoms with Crippen molar-refractivity contribution in [2.24, 2.45) is 0 Å². The van der Waals surface area contributed by atoms with E-state index in [1.54, 1.807) is 21.0 Å². The van der Waals surface area contributed by atoms with Crippen molar-refractivity contribution < 1.29 is 23.9 Å². The molecule has 1 atom stereocenters. The first kappa shape index (κ1) is 25.5. The Bertz CT molecular complexity index is 1130. The first-order valence-corrected chi connectivity index (χ1v) is 13.5. The number of anilines is 1. The number of nitrogens with zero attached hydrogens (tertiary/aromatic N) is 3. The molecule has 0 radical (unpaired) electrons. The molecule has 1 fully saturated rings. The fourth-order valence-electron chi connectivity index (χ4n) is 4.85. The molecule has 35 heavy (non-hydrogen) atoms. The third-order valence-electron chi connectivity index (χ3n) is 6.71. The molecular formula is C25H31IN4O5. The Kier molecular flexibility index (Phi) is 7.67. The Balaban J connectivity index is 1.81. The predicted molar refractivity (Wildman–Crippen MR) is 139 cm³/mol. The average Bonchev–Trinajstić information content (AvgIpc) is 3.29. The van der Waals surface area contributed by atoms with Gasteiger partial charge in [-0.15, -0.1) is 0 Å². The van der Waals surface area contributed by atoms with Crippen molar-refractivity contribution in [2.45, 2.75) is 68.5 Å². The maximum absolute atomic E-state index is 14.0. The Morgan fingerprint density at radius 3 is 2.63 bits per heavy atom. The van der Waals surface area contributed by atoms with Crippen LogP contribution < -0.4 is 15.0 Å². The van der Waals surface area contributed by atoms with Gasteiger partial charge in [0.1, 0.15) is 17.0 Å². The SMILES string of the molecule is CCOC(=O)c1cc2n(n1)CC(C)(C(=O)NC1CCCCC1)N(c1cc(CI)ccc1OC)C2=O. The molecule has 4 rings (SSSR count). The number of hydrogen-bond acceptors (Lipinski definition) is 6. The molecule has 1 aliphatic carbocycles. The van der Waals surface area contributed by atoms with Gasteiger partial charge in [-0.2, -0.15) is 5.10 Å². The van der Waals surface area contributed by atoms with E-state index in [2.05, 4.69) is 33.0 Å². The van der Waals surface area contributed by atoms with Gasteiger partial charge in [-0.25, -0.2) is 4.79 Å². The Morgan fingerprint density at radius 2 is 1.97 bits per heavy atom. The molecule has 1 saturated carbocycles. The first-order chi connectivity index (χ1) is 16.8. The van der Waals surface area contributed by atoms with Crippen molar-refractivity contribution in [3.63, 3.8) is 0 Å². The van der Waals surface area contributed by atoms with Crippen LogP contribution in [0.3, 0.4) is 0 Å². The van der Waals surface area contributed by atoms with Crippen LogP contribution in [0.2, 0.25) is 0 Å². The maximum atomic E-state index is 14.0. The summed E-state index contributed by atoms with van der Waals surface area (Å²) >= 11 is 2.26. The van der Waals surface area contributed by atoms with Gasteiger partial charge in [-0.3, -0.25) is 19.2 Å². The molecule has 1 aromatic heterocycles. The molecule has 188 valence electrons. The summed E-state index contributed by atoms with van der Waals surface area (Å²) in [5, 5.41) is 7.52. The van der Waals surface area contributed by atoms with E-state index in [1.807, 2.05) is 18.2 Å². The summed E-state index contributed by atoms with van der Waals surface area (Å²) in [5.41, 5.74) is 0.475. The molecule has 10 heteroatoms. The molecular weight excluding hydrogens is 563 g/mol. The number of ether oxygens (including phenoxy) is 2. The molecule has 2 amide bonds. The summed E-state index contributed by atoms with van der Waals surface area (Å²) in [5.74, 6) is -0.795. The van der Waals surface area contributed by atoms with Crippen LogP contribution in [-0.2, 0) is 20.5 Å². The lowest BCUT2D eigenvalue weighted by atomic mass is 9.91. The van der Waals surface area contributed by atoms with Crippen molar-refractivity contribution in [3.05, 3.63) is 41.2 Å². The summed E-state index contributed by atoms with van der Waals surface area (Å²) in [6.07, 6.45) is 5.15. The molecule has 2 aromatic rings. The van der Waals surface area contributed by atoms with Crippen molar-refractivity contribution in [2.75, 3.05) is 18.6 Å². The standard InChI is InChI=1S/C25H31IN4O5/c1-4-35-23(32)18-13-20-22(31)30(19-12-16(14-26)10-11-21(19)34-3)25(2,15-29(20)28-18)24(33)27-17-8-6-5-7-9-17/h10-13,17H,4-9,14-15H2,1-3H3,(H,27,33). The Labute approximate surface area is 218 Å². The smallest absolute Gasteiger partial charge is 0.358 e. The van der Waals surface area contributed by atoms with Crippen molar-refractivity contribution in [1.82, 2.24) is 15.1 Å². The fourth-order valence-corrected chi connectivity index (χ4v) is 5.32. The minimum atomic E-state index is -1.29. The highest BCUT2D eigenvalue weighted by atomic mass is 127. The van der Waals surface area contributed by atoms with E-state index in [0.717, 1.165) is 35.7 Å². The quantitative estimate of drug-likeness (QED) is 0.297. The van der Waals surface area contributed by atoms with E-state index < -0.39 is 17.4 Å². The number of methoxy groups -OCH3 is 1. The second kappa shape index (κ2) is 10.5. The number of hydrogen-bond donors (Lipinski definition) is 1. The van der Waals surface area contributed by atoms with Gasteiger partial charge < -0.3 is 14.8 Å². The van der Waals surface area contributed by atoms with Gasteiger partial charge in [0.05, 0.1) is 25.9 Å². The normalized spacial score (nSPS) is 20.3. The van der Waals surface area contributed by atoms with Crippen LogP contribution in [0, 0.1) is 0 Å². The van der Waals surface area contributed by atoms with Crippen LogP contribution in [0.4, 0.5) is 5.69 Å². The summed E-state index contributed by atoms with van der Waals surface area (Å²) in [7, 11) is 1.54. The van der Waals surface area contributed by atoms with E-state index in [-0.39, 0.29) is 36.5 Å². The molecule has 2 heterocycles. The number of aromatic nitrogens is 2. The maximum Gasteiger partial charge on any atom is 0.358 e. The van der Waals surface area contributed by atoms with Gasteiger partial charge in [0.2, 0.25) is 5.91 Å². The minimum Gasteiger partial charge on any atom is -0.495 e. The van der Waals surface area contributed by atoms with Crippen LogP contribution in [0.25, 0.3) is 0 Å². The number of fused-ring (bicyclic) bond motifs is 1. The van der Waals surface area contributed by atoms with E-state index in [9.17, 15) is 14.4 Å². The van der Waals surface area contributed by atoms with Crippen LogP contribution in [0.15, 0.2) is 24.3 Å². The molecule has 1 unspecified atom stereocenters. The van der Waals surface area contributed by atoms with E-state index >= 15 is 0 Å². The molecule has 9 nitrogen and oxygen atoms in total. The van der Waals surface area contributed by atoms with Crippen molar-refractivity contribution in [1.29, 1.82) is 0 Å². The average molecular weight is 594 g/mol. The topological polar surface area (TPSA) is 103 Å². The van der Waals surface area contributed by atoms with Crippen LogP contribution >= 0.6 is 22.6 Å². The third kappa shape index (κ3) is 4.89. The van der Waals surface area contributed by atoms with Crippen molar-refractivity contribution in [3.8, 4) is 5.75 Å². The lowest BCUT2D eigenvalue weighted by Crippen LogP contribution is -2.65. The van der Waals surface area contributed by atoms with Gasteiger partial charge in [0.25, 0.3) is 5.91 Å². The highest BCUT2D eigenvalue weighted by Crippen LogP contribution is 2.39. The molecule has 1 N–H and O–H groups in total. The van der Waals surface area contributed by atoms with Crippen LogP contribution in [0.5, 0.6) is 5.75 Å². The van der Waals surface area contributed by atoms with Crippen LogP contribution in [0.1, 0.15) is 72.5 Å². The second-order valence-electron chi connectivity index (χ2n) is 9.16. The highest BCUT2D eigenvalue weighted by molar-refractivity contribution is 14.1. The lowest BCUT2D eigenvalue weighted by Gasteiger charge is -2.44. The largest absolute Gasteiger partial charge is 0.495 e. The third-order valence-corrected chi connectivity index (χ3v) is 7.59. The molecule has 2 aliphatic rings. The molecule has 1 aromatic carbocycles. The Morgan fingerprint density at radius 1 is 1.23 bits per heavy atom. The second-order valence-corrected chi connectivity index (χ2v) is 9.92. The molecule has 0 spiro atoms. The van der Waals surface area contributed by atoms with Crippen LogP contribution in [-0.4, -0.2) is 52.9 Å². The van der Waals surface area contributed by atoms with Crippen molar-refractivity contribution >= 4 is 46.1 Å². The van der Waals surface area contributed by atoms with E-state index in [1.165, 1.54) is 22.1 Å². The zero-order valence-electron chi connectivity index (χ0n) is 20.3. The number of nitrogens with one attached hydrogen (secondary N) is 1. The molecule has 0 bridgehead atoms. The number of carbonyl (C=O) groups is 3. The number of rotatable bonds is 7. The van der Waals surface area contributed by atoms with Gasteiger partial charge >= 0.3 is 5.97 Å². The lowest BCUT2D eigenvalue weighted by molar-refractivity contribution is -0.127. The molecule has 0 saturated heterocycles. The highest BCUT2D eigenvalue weighted by Gasteiger charge is 2.50. The van der Waals surface area contributed by atoms with Gasteiger partial charge in [0, 0.05) is 16.5 Å². The number of halogens is 1.